The Labute approximate surface area is 129 Å². The molecule has 0 saturated heterocycles. The third kappa shape index (κ3) is 6.56. The fourth-order valence-corrected chi connectivity index (χ4v) is 2.35. The van der Waals surface area contributed by atoms with Crippen LogP contribution in [0.25, 0.3) is 0 Å². The minimum atomic E-state index is -3.98. The van der Waals surface area contributed by atoms with E-state index in [-0.39, 0.29) is 17.3 Å². The number of sulfonamides is 1. The molecule has 0 aliphatic carbocycles. The van der Waals surface area contributed by atoms with Gasteiger partial charge in [0.15, 0.2) is 0 Å². The molecule has 3 N–H and O–H groups in total. The first-order valence-corrected chi connectivity index (χ1v) is 7.59. The van der Waals surface area contributed by atoms with Gasteiger partial charge in [0.2, 0.25) is 10.0 Å². The van der Waals surface area contributed by atoms with E-state index in [9.17, 15) is 17.2 Å². The molecule has 0 fully saturated rings. The molecule has 1 aromatic carbocycles. The van der Waals surface area contributed by atoms with E-state index in [1.807, 2.05) is 11.6 Å². The Bertz CT molecular complexity index is 524. The summed E-state index contributed by atoms with van der Waals surface area (Å²) in [5, 5.41) is 0. The highest BCUT2D eigenvalue weighted by atomic mass is 35.5. The summed E-state index contributed by atoms with van der Waals surface area (Å²) in [7, 11) is -3.98. The van der Waals surface area contributed by atoms with E-state index in [0.29, 0.717) is 12.4 Å². The maximum absolute atomic E-state index is 12.9. The molecule has 5 nitrogen and oxygen atoms in total. The first kappa shape index (κ1) is 20.0. The second kappa shape index (κ2) is 8.47. The quantitative estimate of drug-likeness (QED) is 0.753. The smallest absolute Gasteiger partial charge is 0.273 e. The lowest BCUT2D eigenvalue weighted by Gasteiger charge is -2.15. The van der Waals surface area contributed by atoms with Crippen molar-refractivity contribution in [2.24, 2.45) is 5.73 Å². The van der Waals surface area contributed by atoms with Crippen molar-refractivity contribution in [2.45, 2.75) is 24.2 Å². The van der Waals surface area contributed by atoms with Crippen molar-refractivity contribution < 1.29 is 21.9 Å². The summed E-state index contributed by atoms with van der Waals surface area (Å²) in [5.41, 5.74) is 4.84. The molecule has 0 amide bonds. The van der Waals surface area contributed by atoms with Crippen LogP contribution in [0.3, 0.4) is 0 Å². The Hall–Kier alpha value is -0.960. The maximum Gasteiger partial charge on any atom is 0.273 e. The van der Waals surface area contributed by atoms with Crippen LogP contribution < -0.4 is 15.2 Å². The van der Waals surface area contributed by atoms with Crippen LogP contribution in [-0.2, 0) is 10.0 Å². The third-order valence-corrected chi connectivity index (χ3v) is 3.84. The molecule has 0 aliphatic heterocycles. The monoisotopic (exact) mass is 344 g/mol. The van der Waals surface area contributed by atoms with Gasteiger partial charge in [0.1, 0.15) is 5.75 Å². The average Bonchev–Trinajstić information content (AvgIpc) is 2.44. The molecule has 0 aliphatic rings. The topological polar surface area (TPSA) is 81.4 Å². The number of hydrogen-bond acceptors (Lipinski definition) is 4. The van der Waals surface area contributed by atoms with Gasteiger partial charge in [-0.25, -0.2) is 21.9 Å². The lowest BCUT2D eigenvalue weighted by Crippen LogP contribution is -2.41. The standard InChI is InChI=1S/C12H18F2N2O3S.ClH/c1-2-7-19-10-3-5-11(6-4-10)20(17,18)16-9-12(13,14)8-15;/h3-6,16H,2,7-9,15H2,1H3;1H. The van der Waals surface area contributed by atoms with Gasteiger partial charge in [-0.05, 0) is 30.7 Å². The lowest BCUT2D eigenvalue weighted by atomic mass is 10.3. The number of halogens is 3. The van der Waals surface area contributed by atoms with Crippen LogP contribution in [0, 0.1) is 0 Å². The molecule has 0 heterocycles. The van der Waals surface area contributed by atoms with Crippen LogP contribution in [0.1, 0.15) is 13.3 Å². The normalized spacial score (nSPS) is 11.8. The first-order chi connectivity index (χ1) is 9.30. The molecule has 1 rings (SSSR count). The zero-order valence-electron chi connectivity index (χ0n) is 11.5. The van der Waals surface area contributed by atoms with Gasteiger partial charge in [-0.2, -0.15) is 0 Å². The van der Waals surface area contributed by atoms with Gasteiger partial charge in [0.25, 0.3) is 5.92 Å². The minimum Gasteiger partial charge on any atom is -0.494 e. The van der Waals surface area contributed by atoms with Crippen LogP contribution in [0.5, 0.6) is 5.75 Å². The van der Waals surface area contributed by atoms with E-state index in [2.05, 4.69) is 0 Å². The molecule has 0 radical (unpaired) electrons. The van der Waals surface area contributed by atoms with Gasteiger partial charge >= 0.3 is 0 Å². The van der Waals surface area contributed by atoms with Crippen molar-refractivity contribution in [3.05, 3.63) is 24.3 Å². The number of hydrogen-bond donors (Lipinski definition) is 2. The van der Waals surface area contributed by atoms with Gasteiger partial charge < -0.3 is 10.5 Å². The number of nitrogens with one attached hydrogen (secondary N) is 1. The summed E-state index contributed by atoms with van der Waals surface area (Å²) in [6.45, 7) is 0.521. The Morgan fingerprint density at radius 2 is 1.86 bits per heavy atom. The molecule has 0 aromatic heterocycles. The first-order valence-electron chi connectivity index (χ1n) is 6.11. The summed E-state index contributed by atoms with van der Waals surface area (Å²) in [6, 6.07) is 5.55. The van der Waals surface area contributed by atoms with Crippen molar-refractivity contribution in [3.63, 3.8) is 0 Å². The molecule has 122 valence electrons. The number of nitrogens with two attached hydrogens (primary N) is 1. The van der Waals surface area contributed by atoms with Crippen LogP contribution >= 0.6 is 12.4 Å². The Morgan fingerprint density at radius 3 is 2.33 bits per heavy atom. The predicted molar refractivity (Wildman–Crippen MR) is 78.7 cm³/mol. The molecule has 0 bridgehead atoms. The zero-order valence-corrected chi connectivity index (χ0v) is 13.1. The predicted octanol–water partition coefficient (Wildman–Crippen LogP) is 1.77. The summed E-state index contributed by atoms with van der Waals surface area (Å²) >= 11 is 0. The summed E-state index contributed by atoms with van der Waals surface area (Å²) in [5.74, 6) is -2.74. The highest BCUT2D eigenvalue weighted by Crippen LogP contribution is 2.17. The minimum absolute atomic E-state index is 0. The molecular formula is C12H19ClF2N2O3S. The van der Waals surface area contributed by atoms with Crippen molar-refractivity contribution in [1.29, 1.82) is 0 Å². The molecular weight excluding hydrogens is 326 g/mol. The van der Waals surface area contributed by atoms with Crippen LogP contribution in [0.2, 0.25) is 0 Å². The molecule has 0 atom stereocenters. The van der Waals surface area contributed by atoms with Crippen LogP contribution in [0.15, 0.2) is 29.2 Å². The van der Waals surface area contributed by atoms with Gasteiger partial charge in [0.05, 0.1) is 24.6 Å². The fraction of sp³-hybridized carbons (Fsp3) is 0.500. The van der Waals surface area contributed by atoms with E-state index >= 15 is 0 Å². The van der Waals surface area contributed by atoms with E-state index in [4.69, 9.17) is 10.5 Å². The molecule has 0 saturated carbocycles. The highest BCUT2D eigenvalue weighted by molar-refractivity contribution is 7.89. The Morgan fingerprint density at radius 1 is 1.29 bits per heavy atom. The molecule has 1 aromatic rings. The Kier molecular flexibility index (Phi) is 8.09. The van der Waals surface area contributed by atoms with Crippen LogP contribution in [0.4, 0.5) is 8.78 Å². The van der Waals surface area contributed by atoms with E-state index in [0.717, 1.165) is 6.42 Å². The van der Waals surface area contributed by atoms with Gasteiger partial charge in [0, 0.05) is 0 Å². The van der Waals surface area contributed by atoms with Crippen LogP contribution in [-0.4, -0.2) is 34.0 Å². The third-order valence-electron chi connectivity index (χ3n) is 2.43. The van der Waals surface area contributed by atoms with Crippen molar-refractivity contribution in [1.82, 2.24) is 4.72 Å². The van der Waals surface area contributed by atoms with Gasteiger partial charge in [-0.3, -0.25) is 0 Å². The molecule has 21 heavy (non-hydrogen) atoms. The second-order valence-corrected chi connectivity index (χ2v) is 5.97. The summed E-state index contributed by atoms with van der Waals surface area (Å²) in [6.07, 6.45) is 0.829. The van der Waals surface area contributed by atoms with E-state index in [1.165, 1.54) is 24.3 Å². The zero-order chi connectivity index (χ0) is 15.2. The SMILES string of the molecule is CCCOc1ccc(S(=O)(=O)NCC(F)(F)CN)cc1.Cl. The summed E-state index contributed by atoms with van der Waals surface area (Å²) in [4.78, 5) is -0.103. The largest absolute Gasteiger partial charge is 0.494 e. The number of ether oxygens (including phenoxy) is 1. The average molecular weight is 345 g/mol. The van der Waals surface area contributed by atoms with E-state index in [1.54, 1.807) is 0 Å². The molecule has 0 unspecified atom stereocenters. The van der Waals surface area contributed by atoms with E-state index < -0.39 is 29.0 Å². The van der Waals surface area contributed by atoms with Crippen molar-refractivity contribution >= 4 is 22.4 Å². The van der Waals surface area contributed by atoms with Crippen molar-refractivity contribution in [3.8, 4) is 5.75 Å². The molecule has 0 spiro atoms. The van der Waals surface area contributed by atoms with Crippen molar-refractivity contribution in [2.75, 3.05) is 19.7 Å². The number of alkyl halides is 2. The highest BCUT2D eigenvalue weighted by Gasteiger charge is 2.29. The summed E-state index contributed by atoms with van der Waals surface area (Å²) < 4.78 is 56.6. The molecule has 9 heteroatoms. The lowest BCUT2D eigenvalue weighted by molar-refractivity contribution is 0.0170. The van der Waals surface area contributed by atoms with Gasteiger partial charge in [-0.15, -0.1) is 12.4 Å². The maximum atomic E-state index is 12.9. The Balaban J connectivity index is 0.00000400. The second-order valence-electron chi connectivity index (χ2n) is 4.20. The fourth-order valence-electron chi connectivity index (χ4n) is 1.29. The van der Waals surface area contributed by atoms with Gasteiger partial charge in [-0.1, -0.05) is 6.92 Å². The number of rotatable bonds is 8. The number of benzene rings is 1.